The van der Waals surface area contributed by atoms with Crippen molar-refractivity contribution in [2.75, 3.05) is 0 Å². The van der Waals surface area contributed by atoms with Crippen LogP contribution in [0.2, 0.25) is 0 Å². The number of rotatable bonds is 4. The SMILES string of the molecule is [CH]OC(=O)C(C)CCCC. The van der Waals surface area contributed by atoms with Gasteiger partial charge in [-0.2, -0.15) is 0 Å². The van der Waals surface area contributed by atoms with Gasteiger partial charge in [0.15, 0.2) is 7.11 Å². The summed E-state index contributed by atoms with van der Waals surface area (Å²) in [7, 11) is 4.70. The summed E-state index contributed by atoms with van der Waals surface area (Å²) in [6, 6.07) is 0. The van der Waals surface area contributed by atoms with Crippen molar-refractivity contribution in [3.05, 3.63) is 7.11 Å². The highest BCUT2D eigenvalue weighted by molar-refractivity contribution is 5.71. The number of unbranched alkanes of at least 4 members (excludes halogenated alkanes) is 1. The van der Waals surface area contributed by atoms with Crippen molar-refractivity contribution < 1.29 is 9.53 Å². The Hall–Kier alpha value is -0.530. The van der Waals surface area contributed by atoms with E-state index in [4.69, 9.17) is 7.11 Å². The number of esters is 1. The molecule has 0 aliphatic heterocycles. The molecule has 0 aromatic carbocycles. The fourth-order valence-corrected chi connectivity index (χ4v) is 0.744. The molecular weight excluding hydrogens is 128 g/mol. The van der Waals surface area contributed by atoms with Crippen molar-refractivity contribution in [3.63, 3.8) is 0 Å². The Balaban J connectivity index is 3.41. The molecule has 0 aromatic rings. The van der Waals surface area contributed by atoms with Crippen molar-refractivity contribution in [3.8, 4) is 0 Å². The molecule has 0 spiro atoms. The summed E-state index contributed by atoms with van der Waals surface area (Å²) >= 11 is 0. The van der Waals surface area contributed by atoms with E-state index in [0.717, 1.165) is 19.3 Å². The van der Waals surface area contributed by atoms with Crippen molar-refractivity contribution in [1.29, 1.82) is 0 Å². The monoisotopic (exact) mass is 142 g/mol. The lowest BCUT2D eigenvalue weighted by atomic mass is 10.1. The van der Waals surface area contributed by atoms with E-state index in [0.29, 0.717) is 0 Å². The molecule has 0 heterocycles. The Morgan fingerprint density at radius 2 is 2.30 bits per heavy atom. The Morgan fingerprint density at radius 3 is 2.70 bits per heavy atom. The van der Waals surface area contributed by atoms with Gasteiger partial charge < -0.3 is 4.74 Å². The lowest BCUT2D eigenvalue weighted by Gasteiger charge is -2.05. The Kier molecular flexibility index (Phi) is 4.99. The van der Waals surface area contributed by atoms with E-state index in [1.54, 1.807) is 0 Å². The molecule has 58 valence electrons. The minimum absolute atomic E-state index is 0.0510. The van der Waals surface area contributed by atoms with Crippen LogP contribution < -0.4 is 0 Å². The highest BCUT2D eigenvalue weighted by Crippen LogP contribution is 2.08. The van der Waals surface area contributed by atoms with Crippen molar-refractivity contribution in [1.82, 2.24) is 0 Å². The van der Waals surface area contributed by atoms with E-state index < -0.39 is 0 Å². The van der Waals surface area contributed by atoms with E-state index in [2.05, 4.69) is 11.7 Å². The summed E-state index contributed by atoms with van der Waals surface area (Å²) < 4.78 is 4.07. The number of hydrogen-bond acceptors (Lipinski definition) is 2. The average Bonchev–Trinajstić information content (AvgIpc) is 1.98. The number of carbonyl (C=O) groups is 1. The van der Waals surface area contributed by atoms with Crippen LogP contribution in [0, 0.1) is 13.0 Å². The van der Waals surface area contributed by atoms with Crippen LogP contribution in [0.5, 0.6) is 0 Å². The highest BCUT2D eigenvalue weighted by Gasteiger charge is 2.11. The van der Waals surface area contributed by atoms with Gasteiger partial charge in [-0.1, -0.05) is 26.7 Å². The van der Waals surface area contributed by atoms with Crippen LogP contribution in [0.15, 0.2) is 0 Å². The van der Waals surface area contributed by atoms with Gasteiger partial charge >= 0.3 is 5.97 Å². The van der Waals surface area contributed by atoms with E-state index >= 15 is 0 Å². The quantitative estimate of drug-likeness (QED) is 0.561. The van der Waals surface area contributed by atoms with E-state index in [9.17, 15) is 4.79 Å². The summed E-state index contributed by atoms with van der Waals surface area (Å²) in [5, 5.41) is 0. The van der Waals surface area contributed by atoms with Crippen LogP contribution in [-0.2, 0) is 9.53 Å². The zero-order valence-corrected chi connectivity index (χ0v) is 6.59. The molecule has 2 heteroatoms. The molecule has 2 radical (unpaired) electrons. The van der Waals surface area contributed by atoms with Gasteiger partial charge in [-0.25, -0.2) is 0 Å². The molecule has 0 aliphatic carbocycles. The molecule has 1 unspecified atom stereocenters. The van der Waals surface area contributed by atoms with Crippen LogP contribution in [0.3, 0.4) is 0 Å². The molecule has 0 fully saturated rings. The van der Waals surface area contributed by atoms with Gasteiger partial charge in [-0.15, -0.1) is 0 Å². The molecule has 0 N–H and O–H groups in total. The zero-order chi connectivity index (χ0) is 7.98. The summed E-state index contributed by atoms with van der Waals surface area (Å²) in [6.45, 7) is 3.91. The van der Waals surface area contributed by atoms with Gasteiger partial charge in [0.2, 0.25) is 0 Å². The number of hydrogen-bond donors (Lipinski definition) is 0. The molecule has 0 amide bonds. The first-order chi connectivity index (χ1) is 4.72. The average molecular weight is 142 g/mol. The topological polar surface area (TPSA) is 26.3 Å². The van der Waals surface area contributed by atoms with Crippen molar-refractivity contribution in [2.24, 2.45) is 5.92 Å². The smallest absolute Gasteiger partial charge is 0.309 e. The van der Waals surface area contributed by atoms with Gasteiger partial charge in [-0.05, 0) is 6.42 Å². The van der Waals surface area contributed by atoms with Gasteiger partial charge in [0.1, 0.15) is 0 Å². The predicted molar refractivity (Wildman–Crippen MR) is 39.1 cm³/mol. The second-order valence-corrected chi connectivity index (χ2v) is 2.48. The summed E-state index contributed by atoms with van der Waals surface area (Å²) in [5.74, 6) is -0.363. The lowest BCUT2D eigenvalue weighted by molar-refractivity contribution is -0.142. The summed E-state index contributed by atoms with van der Waals surface area (Å²) in [5.41, 5.74) is 0. The molecule has 0 aliphatic rings. The fourth-order valence-electron chi connectivity index (χ4n) is 0.744. The fraction of sp³-hybridized carbons (Fsp3) is 0.750. The summed E-state index contributed by atoms with van der Waals surface area (Å²) in [6.07, 6.45) is 3.02. The molecular formula is C8H14O2. The summed E-state index contributed by atoms with van der Waals surface area (Å²) in [4.78, 5) is 10.7. The lowest BCUT2D eigenvalue weighted by Crippen LogP contribution is -2.11. The van der Waals surface area contributed by atoms with Crippen LogP contribution in [-0.4, -0.2) is 5.97 Å². The predicted octanol–water partition coefficient (Wildman–Crippen LogP) is 2.02. The highest BCUT2D eigenvalue weighted by atomic mass is 16.5. The second kappa shape index (κ2) is 5.27. The Morgan fingerprint density at radius 1 is 1.70 bits per heavy atom. The molecule has 0 rings (SSSR count). The van der Waals surface area contributed by atoms with Crippen molar-refractivity contribution >= 4 is 5.97 Å². The van der Waals surface area contributed by atoms with Crippen LogP contribution in [0.25, 0.3) is 0 Å². The molecule has 10 heavy (non-hydrogen) atoms. The third kappa shape index (κ3) is 3.49. The maximum atomic E-state index is 10.7. The molecule has 0 saturated carbocycles. The third-order valence-electron chi connectivity index (χ3n) is 1.51. The van der Waals surface area contributed by atoms with Gasteiger partial charge in [0.25, 0.3) is 0 Å². The molecule has 2 nitrogen and oxygen atoms in total. The standard InChI is InChI=1S/C8H14O2/c1-4-5-6-7(2)8(9)10-3/h3,7H,4-6H2,1-2H3. The van der Waals surface area contributed by atoms with Crippen LogP contribution in [0.1, 0.15) is 33.1 Å². The first-order valence-electron chi connectivity index (χ1n) is 3.63. The van der Waals surface area contributed by atoms with E-state index in [1.807, 2.05) is 6.92 Å². The Bertz CT molecular complexity index is 99.4. The molecule has 0 aromatic heterocycles. The minimum atomic E-state index is -0.312. The maximum absolute atomic E-state index is 10.7. The number of carbonyl (C=O) groups excluding carboxylic acids is 1. The zero-order valence-electron chi connectivity index (χ0n) is 6.59. The molecule has 0 saturated heterocycles. The first kappa shape index (κ1) is 9.47. The van der Waals surface area contributed by atoms with Crippen LogP contribution in [0.4, 0.5) is 0 Å². The minimum Gasteiger partial charge on any atom is -0.454 e. The Labute approximate surface area is 62.6 Å². The van der Waals surface area contributed by atoms with Crippen molar-refractivity contribution in [2.45, 2.75) is 33.1 Å². The molecule has 0 bridgehead atoms. The normalized spacial score (nSPS) is 12.7. The van der Waals surface area contributed by atoms with Gasteiger partial charge in [0, 0.05) is 0 Å². The van der Waals surface area contributed by atoms with Gasteiger partial charge in [-0.3, -0.25) is 4.79 Å². The first-order valence-corrected chi connectivity index (χ1v) is 3.63. The third-order valence-corrected chi connectivity index (χ3v) is 1.51. The largest absolute Gasteiger partial charge is 0.454 e. The van der Waals surface area contributed by atoms with E-state index in [1.165, 1.54) is 0 Å². The molecule has 1 atom stereocenters. The van der Waals surface area contributed by atoms with Gasteiger partial charge in [0.05, 0.1) is 5.92 Å². The second-order valence-electron chi connectivity index (χ2n) is 2.48. The van der Waals surface area contributed by atoms with E-state index in [-0.39, 0.29) is 11.9 Å². The number of ether oxygens (including phenoxy) is 1. The maximum Gasteiger partial charge on any atom is 0.309 e. The van der Waals surface area contributed by atoms with Crippen LogP contribution >= 0.6 is 0 Å².